The van der Waals surface area contributed by atoms with Gasteiger partial charge in [0.05, 0.1) is 29.1 Å². The van der Waals surface area contributed by atoms with E-state index >= 15 is 0 Å². The van der Waals surface area contributed by atoms with Crippen LogP contribution in [0.25, 0.3) is 11.0 Å². The van der Waals surface area contributed by atoms with Crippen molar-refractivity contribution in [2.45, 2.75) is 13.5 Å². The van der Waals surface area contributed by atoms with Crippen molar-refractivity contribution in [1.82, 2.24) is 19.9 Å². The van der Waals surface area contributed by atoms with Crippen molar-refractivity contribution in [3.63, 3.8) is 0 Å². The van der Waals surface area contributed by atoms with Crippen molar-refractivity contribution in [3.8, 4) is 0 Å². The molecule has 6 nitrogen and oxygen atoms in total. The molecule has 0 fully saturated rings. The summed E-state index contributed by atoms with van der Waals surface area (Å²) in [5.74, 6) is 1.17. The van der Waals surface area contributed by atoms with Crippen molar-refractivity contribution >= 4 is 34.4 Å². The number of carbonyl (C=O) groups is 1. The number of fused-ring (bicyclic) bond motifs is 1. The maximum absolute atomic E-state index is 12.1. The zero-order chi connectivity index (χ0) is 17.1. The number of benzene rings is 1. The number of amides is 1. The Balaban J connectivity index is 1.58. The second-order valence-corrected chi connectivity index (χ2v) is 6.22. The predicted octanol–water partition coefficient (Wildman–Crippen LogP) is 2.99. The van der Waals surface area contributed by atoms with E-state index in [1.165, 1.54) is 11.8 Å². The lowest BCUT2D eigenvalue weighted by molar-refractivity contribution is -0.117. The van der Waals surface area contributed by atoms with Crippen LogP contribution in [-0.2, 0) is 11.3 Å². The number of imidazole rings is 1. The zero-order valence-corrected chi connectivity index (χ0v) is 14.3. The number of aromatic nitrogens is 3. The van der Waals surface area contributed by atoms with Crippen LogP contribution < -0.4 is 5.32 Å². The topological polar surface area (TPSA) is 73.9 Å². The molecular formula is C17H18ClN5O. The maximum Gasteiger partial charge on any atom is 0.239 e. The van der Waals surface area contributed by atoms with Gasteiger partial charge in [-0.3, -0.25) is 9.69 Å². The minimum absolute atomic E-state index is 0.140. The molecule has 3 aromatic rings. The van der Waals surface area contributed by atoms with Gasteiger partial charge in [-0.15, -0.1) is 0 Å². The molecule has 2 heterocycles. The Morgan fingerprint density at radius 1 is 1.33 bits per heavy atom. The fourth-order valence-electron chi connectivity index (χ4n) is 2.44. The van der Waals surface area contributed by atoms with E-state index in [9.17, 15) is 4.79 Å². The van der Waals surface area contributed by atoms with E-state index in [0.29, 0.717) is 17.4 Å². The van der Waals surface area contributed by atoms with Crippen LogP contribution in [0.4, 0.5) is 5.82 Å². The average Bonchev–Trinajstić information content (AvgIpc) is 2.90. The summed E-state index contributed by atoms with van der Waals surface area (Å²) < 4.78 is 0. The second kappa shape index (κ2) is 6.98. The third kappa shape index (κ3) is 4.10. The summed E-state index contributed by atoms with van der Waals surface area (Å²) in [7, 11) is 1.87. The minimum atomic E-state index is -0.140. The van der Waals surface area contributed by atoms with E-state index in [2.05, 4.69) is 26.3 Å². The number of rotatable bonds is 5. The fraction of sp³-hybridized carbons (Fsp3) is 0.235. The van der Waals surface area contributed by atoms with Gasteiger partial charge in [-0.2, -0.15) is 0 Å². The molecule has 0 unspecified atom stereocenters. The molecule has 3 rings (SSSR count). The van der Waals surface area contributed by atoms with Crippen molar-refractivity contribution in [2.75, 3.05) is 18.9 Å². The molecule has 0 saturated heterocycles. The first-order valence-corrected chi connectivity index (χ1v) is 7.92. The van der Waals surface area contributed by atoms with Gasteiger partial charge in [-0.1, -0.05) is 17.7 Å². The zero-order valence-electron chi connectivity index (χ0n) is 13.5. The standard InChI is InChI=1S/C17H18ClN5O/c1-11-3-5-13-14(7-11)21-16(20-13)9-23(2)10-17(24)22-15-6-4-12(18)8-19-15/h3-8H,9-10H2,1-2H3,(H,20,21)(H,19,22,24). The highest BCUT2D eigenvalue weighted by molar-refractivity contribution is 6.30. The van der Waals surface area contributed by atoms with Crippen LogP contribution in [0.2, 0.25) is 5.02 Å². The second-order valence-electron chi connectivity index (χ2n) is 5.79. The lowest BCUT2D eigenvalue weighted by Crippen LogP contribution is -2.30. The predicted molar refractivity (Wildman–Crippen MR) is 95.0 cm³/mol. The minimum Gasteiger partial charge on any atom is -0.341 e. The normalized spacial score (nSPS) is 11.2. The van der Waals surface area contributed by atoms with Gasteiger partial charge in [-0.05, 0) is 43.8 Å². The van der Waals surface area contributed by atoms with Gasteiger partial charge in [-0.25, -0.2) is 9.97 Å². The lowest BCUT2D eigenvalue weighted by atomic mass is 10.2. The van der Waals surface area contributed by atoms with Crippen molar-refractivity contribution in [2.24, 2.45) is 0 Å². The van der Waals surface area contributed by atoms with Crippen molar-refractivity contribution < 1.29 is 4.79 Å². The first-order valence-electron chi connectivity index (χ1n) is 7.55. The molecule has 0 bridgehead atoms. The largest absolute Gasteiger partial charge is 0.341 e. The Morgan fingerprint density at radius 2 is 2.17 bits per heavy atom. The first-order chi connectivity index (χ1) is 11.5. The van der Waals surface area contributed by atoms with E-state index in [1.807, 2.05) is 31.0 Å². The molecule has 7 heteroatoms. The number of carbonyl (C=O) groups excluding carboxylic acids is 1. The number of likely N-dealkylation sites (N-methyl/N-ethyl adjacent to an activating group) is 1. The molecule has 24 heavy (non-hydrogen) atoms. The molecular weight excluding hydrogens is 326 g/mol. The quantitative estimate of drug-likeness (QED) is 0.747. The van der Waals surface area contributed by atoms with Gasteiger partial charge in [0.2, 0.25) is 5.91 Å². The van der Waals surface area contributed by atoms with Gasteiger partial charge in [0.15, 0.2) is 0 Å². The van der Waals surface area contributed by atoms with Crippen molar-refractivity contribution in [3.05, 3.63) is 52.9 Å². The summed E-state index contributed by atoms with van der Waals surface area (Å²) in [5, 5.41) is 3.27. The van der Waals surface area contributed by atoms with E-state index in [-0.39, 0.29) is 12.5 Å². The Labute approximate surface area is 144 Å². The Bertz CT molecular complexity index is 859. The van der Waals surface area contributed by atoms with Gasteiger partial charge in [0, 0.05) is 6.20 Å². The SMILES string of the molecule is Cc1ccc2nc(CN(C)CC(=O)Nc3ccc(Cl)cn3)[nH]c2c1. The maximum atomic E-state index is 12.1. The molecule has 0 aliphatic carbocycles. The van der Waals surface area contributed by atoms with E-state index in [1.54, 1.807) is 12.1 Å². The third-order valence-corrected chi connectivity index (χ3v) is 3.74. The van der Waals surface area contributed by atoms with Crippen LogP contribution in [0.15, 0.2) is 36.5 Å². The van der Waals surface area contributed by atoms with Crippen LogP contribution in [0, 0.1) is 6.92 Å². The number of nitrogens with one attached hydrogen (secondary N) is 2. The fourth-order valence-corrected chi connectivity index (χ4v) is 2.55. The highest BCUT2D eigenvalue weighted by Crippen LogP contribution is 2.14. The number of H-pyrrole nitrogens is 1. The molecule has 0 aliphatic heterocycles. The number of aryl methyl sites for hydroxylation is 1. The summed E-state index contributed by atoms with van der Waals surface area (Å²) in [6.07, 6.45) is 1.50. The number of hydrogen-bond donors (Lipinski definition) is 2. The number of hydrogen-bond acceptors (Lipinski definition) is 4. The molecule has 0 spiro atoms. The summed E-state index contributed by atoms with van der Waals surface area (Å²) in [6.45, 7) is 2.83. The van der Waals surface area contributed by atoms with Crippen LogP contribution in [0.5, 0.6) is 0 Å². The summed E-state index contributed by atoms with van der Waals surface area (Å²) >= 11 is 5.77. The van der Waals surface area contributed by atoms with Crippen LogP contribution in [-0.4, -0.2) is 39.4 Å². The molecule has 124 valence electrons. The molecule has 0 atom stereocenters. The van der Waals surface area contributed by atoms with Gasteiger partial charge >= 0.3 is 0 Å². The highest BCUT2D eigenvalue weighted by Gasteiger charge is 2.10. The number of aromatic amines is 1. The van der Waals surface area contributed by atoms with Gasteiger partial charge in [0.1, 0.15) is 11.6 Å². The number of pyridine rings is 1. The van der Waals surface area contributed by atoms with Gasteiger partial charge in [0.25, 0.3) is 0 Å². The Morgan fingerprint density at radius 3 is 2.92 bits per heavy atom. The summed E-state index contributed by atoms with van der Waals surface area (Å²) in [4.78, 5) is 25.8. The molecule has 2 N–H and O–H groups in total. The highest BCUT2D eigenvalue weighted by atomic mass is 35.5. The molecule has 0 saturated carbocycles. The molecule has 2 aromatic heterocycles. The third-order valence-electron chi connectivity index (χ3n) is 3.51. The van der Waals surface area contributed by atoms with Crippen LogP contribution in [0.3, 0.4) is 0 Å². The van der Waals surface area contributed by atoms with Crippen molar-refractivity contribution in [1.29, 1.82) is 0 Å². The smallest absolute Gasteiger partial charge is 0.239 e. The Hall–Kier alpha value is -2.44. The molecule has 0 radical (unpaired) electrons. The Kier molecular flexibility index (Phi) is 4.78. The average molecular weight is 344 g/mol. The van der Waals surface area contributed by atoms with E-state index in [0.717, 1.165) is 16.9 Å². The number of halogens is 1. The van der Waals surface area contributed by atoms with E-state index in [4.69, 9.17) is 11.6 Å². The first kappa shape index (κ1) is 16.4. The number of nitrogens with zero attached hydrogens (tertiary/aromatic N) is 3. The summed E-state index contributed by atoms with van der Waals surface area (Å²) in [5.41, 5.74) is 3.12. The van der Waals surface area contributed by atoms with Crippen LogP contribution >= 0.6 is 11.6 Å². The van der Waals surface area contributed by atoms with Crippen LogP contribution in [0.1, 0.15) is 11.4 Å². The lowest BCUT2D eigenvalue weighted by Gasteiger charge is -2.14. The van der Waals surface area contributed by atoms with Gasteiger partial charge < -0.3 is 10.3 Å². The summed E-state index contributed by atoms with van der Waals surface area (Å²) in [6, 6.07) is 9.43. The molecule has 1 aromatic carbocycles. The van der Waals surface area contributed by atoms with E-state index < -0.39 is 0 Å². The number of anilines is 1. The monoisotopic (exact) mass is 343 g/mol. The molecule has 1 amide bonds. The molecule has 0 aliphatic rings.